The van der Waals surface area contributed by atoms with E-state index in [0.29, 0.717) is 5.56 Å². The van der Waals surface area contributed by atoms with E-state index in [1.807, 2.05) is 6.92 Å². The Labute approximate surface area is 92.5 Å². The lowest BCUT2D eigenvalue weighted by molar-refractivity contribution is -0.145. The van der Waals surface area contributed by atoms with Gasteiger partial charge >= 0.3 is 11.9 Å². The van der Waals surface area contributed by atoms with Crippen molar-refractivity contribution >= 4 is 11.9 Å². The van der Waals surface area contributed by atoms with Crippen LogP contribution in [-0.2, 0) is 15.0 Å². The minimum Gasteiger partial charge on any atom is -0.481 e. The third-order valence-corrected chi connectivity index (χ3v) is 3.21. The predicted molar refractivity (Wildman–Crippen MR) is 56.2 cm³/mol. The molecule has 0 saturated heterocycles. The van der Waals surface area contributed by atoms with Crippen LogP contribution in [0.3, 0.4) is 0 Å². The molecule has 2 atom stereocenters. The van der Waals surface area contributed by atoms with E-state index < -0.39 is 23.3 Å². The molecule has 0 aliphatic heterocycles. The fourth-order valence-electron chi connectivity index (χ4n) is 2.09. The lowest BCUT2D eigenvalue weighted by atomic mass is 9.92. The van der Waals surface area contributed by atoms with Crippen molar-refractivity contribution in [3.05, 3.63) is 35.4 Å². The number of hydrogen-bond acceptors (Lipinski definition) is 2. The van der Waals surface area contributed by atoms with Crippen LogP contribution in [0.25, 0.3) is 0 Å². The van der Waals surface area contributed by atoms with Crippen LogP contribution in [0.5, 0.6) is 0 Å². The molecule has 1 saturated carbocycles. The molecule has 4 nitrogen and oxygen atoms in total. The molecule has 0 heterocycles. The number of carboxylic acid groups (broad SMARTS) is 2. The topological polar surface area (TPSA) is 74.6 Å². The highest BCUT2D eigenvalue weighted by Gasteiger charge is 2.65. The first-order valence-electron chi connectivity index (χ1n) is 5.02. The maximum absolute atomic E-state index is 11.2. The Balaban J connectivity index is 2.40. The summed E-state index contributed by atoms with van der Waals surface area (Å²) in [6, 6.07) is 7.01. The molecule has 2 unspecified atom stereocenters. The normalized spacial score (nSPS) is 27.4. The second-order valence-electron chi connectivity index (χ2n) is 4.24. The summed E-state index contributed by atoms with van der Waals surface area (Å²) < 4.78 is 0. The maximum atomic E-state index is 11.2. The maximum Gasteiger partial charge on any atom is 0.315 e. The standard InChI is InChI=1S/C12H12O4/c1-7-2-4-8(5-3-7)12(11(15)16)6-9(12)10(13)14/h2-5,9H,6H2,1H3,(H,13,14)(H,15,16). The first-order valence-corrected chi connectivity index (χ1v) is 5.02. The molecule has 1 aromatic rings. The van der Waals surface area contributed by atoms with Crippen molar-refractivity contribution in [2.75, 3.05) is 0 Å². The molecular formula is C12H12O4. The van der Waals surface area contributed by atoms with E-state index in [2.05, 4.69) is 0 Å². The third-order valence-electron chi connectivity index (χ3n) is 3.21. The molecule has 0 spiro atoms. The molecule has 1 aliphatic rings. The van der Waals surface area contributed by atoms with Gasteiger partial charge in [0.1, 0.15) is 5.41 Å². The number of carboxylic acids is 2. The summed E-state index contributed by atoms with van der Waals surface area (Å²) >= 11 is 0. The molecule has 2 N–H and O–H groups in total. The third kappa shape index (κ3) is 1.38. The minimum atomic E-state index is -1.21. The summed E-state index contributed by atoms with van der Waals surface area (Å²) in [5.41, 5.74) is 0.398. The van der Waals surface area contributed by atoms with Gasteiger partial charge < -0.3 is 10.2 Å². The van der Waals surface area contributed by atoms with Crippen LogP contribution < -0.4 is 0 Å². The van der Waals surface area contributed by atoms with E-state index in [1.54, 1.807) is 24.3 Å². The van der Waals surface area contributed by atoms with Crippen LogP contribution in [0.1, 0.15) is 17.5 Å². The molecule has 16 heavy (non-hydrogen) atoms. The lowest BCUT2D eigenvalue weighted by Crippen LogP contribution is -2.25. The van der Waals surface area contributed by atoms with Crippen LogP contribution in [-0.4, -0.2) is 22.2 Å². The highest BCUT2D eigenvalue weighted by atomic mass is 16.4. The number of rotatable bonds is 3. The van der Waals surface area contributed by atoms with Crippen LogP contribution in [0.4, 0.5) is 0 Å². The Hall–Kier alpha value is -1.84. The first-order chi connectivity index (χ1) is 7.48. The Kier molecular flexibility index (Phi) is 2.22. The number of hydrogen-bond donors (Lipinski definition) is 2. The van der Waals surface area contributed by atoms with Gasteiger partial charge in [0, 0.05) is 0 Å². The fraction of sp³-hybridized carbons (Fsp3) is 0.333. The van der Waals surface area contributed by atoms with E-state index in [1.165, 1.54) is 0 Å². The molecule has 0 radical (unpaired) electrons. The molecule has 4 heteroatoms. The van der Waals surface area contributed by atoms with Crippen LogP contribution in [0.15, 0.2) is 24.3 Å². The smallest absolute Gasteiger partial charge is 0.315 e. The number of aliphatic carboxylic acids is 2. The summed E-state index contributed by atoms with van der Waals surface area (Å²) in [5.74, 6) is -2.89. The van der Waals surface area contributed by atoms with Crippen molar-refractivity contribution in [3.63, 3.8) is 0 Å². The van der Waals surface area contributed by atoms with Gasteiger partial charge in [-0.2, -0.15) is 0 Å². The lowest BCUT2D eigenvalue weighted by Gasteiger charge is -2.11. The highest BCUT2D eigenvalue weighted by Crippen LogP contribution is 2.54. The molecule has 1 aromatic carbocycles. The average Bonchev–Trinajstić information content (AvgIpc) is 2.95. The van der Waals surface area contributed by atoms with E-state index in [-0.39, 0.29) is 6.42 Å². The van der Waals surface area contributed by atoms with E-state index in [9.17, 15) is 14.7 Å². The quantitative estimate of drug-likeness (QED) is 0.807. The van der Waals surface area contributed by atoms with Gasteiger partial charge in [0.25, 0.3) is 0 Å². The first kappa shape index (κ1) is 10.7. The fourth-order valence-corrected chi connectivity index (χ4v) is 2.09. The SMILES string of the molecule is Cc1ccc(C2(C(=O)O)CC2C(=O)O)cc1. The molecule has 0 aromatic heterocycles. The molecular weight excluding hydrogens is 208 g/mol. The number of carbonyl (C=O) groups is 2. The van der Waals surface area contributed by atoms with Gasteiger partial charge in [-0.25, -0.2) is 0 Å². The van der Waals surface area contributed by atoms with Crippen molar-refractivity contribution in [2.24, 2.45) is 5.92 Å². The molecule has 1 aliphatic carbocycles. The Morgan fingerprint density at radius 1 is 1.25 bits per heavy atom. The monoisotopic (exact) mass is 220 g/mol. The van der Waals surface area contributed by atoms with Crippen LogP contribution in [0, 0.1) is 12.8 Å². The summed E-state index contributed by atoms with van der Waals surface area (Å²) in [4.78, 5) is 22.1. The van der Waals surface area contributed by atoms with Gasteiger partial charge in [-0.1, -0.05) is 29.8 Å². The van der Waals surface area contributed by atoms with Crippen LogP contribution >= 0.6 is 0 Å². The van der Waals surface area contributed by atoms with Gasteiger partial charge in [0.05, 0.1) is 5.92 Å². The van der Waals surface area contributed by atoms with Crippen molar-refractivity contribution in [2.45, 2.75) is 18.8 Å². The zero-order valence-corrected chi connectivity index (χ0v) is 8.80. The molecule has 2 rings (SSSR count). The van der Waals surface area contributed by atoms with Gasteiger partial charge in [-0.15, -0.1) is 0 Å². The van der Waals surface area contributed by atoms with Crippen molar-refractivity contribution < 1.29 is 19.8 Å². The second kappa shape index (κ2) is 3.33. The predicted octanol–water partition coefficient (Wildman–Crippen LogP) is 1.42. The zero-order chi connectivity index (χ0) is 11.9. The van der Waals surface area contributed by atoms with Gasteiger partial charge in [-0.3, -0.25) is 9.59 Å². The summed E-state index contributed by atoms with van der Waals surface area (Å²) in [7, 11) is 0. The molecule has 0 bridgehead atoms. The van der Waals surface area contributed by atoms with E-state index >= 15 is 0 Å². The average molecular weight is 220 g/mol. The second-order valence-corrected chi connectivity index (χ2v) is 4.24. The highest BCUT2D eigenvalue weighted by molar-refractivity contribution is 5.94. The van der Waals surface area contributed by atoms with Crippen molar-refractivity contribution in [1.82, 2.24) is 0 Å². The molecule has 0 amide bonds. The summed E-state index contributed by atoms with van der Waals surface area (Å²) in [6.45, 7) is 1.90. The molecule has 84 valence electrons. The van der Waals surface area contributed by atoms with Gasteiger partial charge in [-0.05, 0) is 18.9 Å². The summed E-state index contributed by atoms with van der Waals surface area (Å²) in [5, 5.41) is 18.1. The zero-order valence-electron chi connectivity index (χ0n) is 8.80. The van der Waals surface area contributed by atoms with Crippen molar-refractivity contribution in [1.29, 1.82) is 0 Å². The minimum absolute atomic E-state index is 0.181. The van der Waals surface area contributed by atoms with Crippen LogP contribution in [0.2, 0.25) is 0 Å². The largest absolute Gasteiger partial charge is 0.481 e. The van der Waals surface area contributed by atoms with Crippen molar-refractivity contribution in [3.8, 4) is 0 Å². The van der Waals surface area contributed by atoms with Gasteiger partial charge in [0.15, 0.2) is 0 Å². The Morgan fingerprint density at radius 2 is 1.81 bits per heavy atom. The van der Waals surface area contributed by atoms with Gasteiger partial charge in [0.2, 0.25) is 0 Å². The molecule has 1 fully saturated rings. The number of aryl methyl sites for hydroxylation is 1. The number of benzene rings is 1. The summed E-state index contributed by atoms with van der Waals surface area (Å²) in [6.07, 6.45) is 0.181. The van der Waals surface area contributed by atoms with E-state index in [0.717, 1.165) is 5.56 Å². The Morgan fingerprint density at radius 3 is 2.19 bits per heavy atom. The van der Waals surface area contributed by atoms with E-state index in [4.69, 9.17) is 5.11 Å². The Bertz CT molecular complexity index is 449.